The van der Waals surface area contributed by atoms with Gasteiger partial charge >= 0.3 is 11.9 Å². The second-order valence-electron chi connectivity index (χ2n) is 5.35. The predicted octanol–water partition coefficient (Wildman–Crippen LogP) is 2.80. The molecule has 0 aliphatic carbocycles. The lowest BCUT2D eigenvalue weighted by Gasteiger charge is -2.13. The maximum absolute atomic E-state index is 12.7. The fourth-order valence-electron chi connectivity index (χ4n) is 2.24. The van der Waals surface area contributed by atoms with Crippen LogP contribution in [0.15, 0.2) is 63.1 Å². The molecular weight excluding hydrogens is 372 g/mol. The Kier molecular flexibility index (Phi) is 5.41. The van der Waals surface area contributed by atoms with Crippen molar-refractivity contribution in [1.29, 1.82) is 0 Å². The third-order valence-corrected chi connectivity index (χ3v) is 4.58. The minimum absolute atomic E-state index is 0.132. The number of carboxylic acid groups (broad SMARTS) is 1. The number of carbonyl (C=O) groups is 3. The number of carboxylic acids is 1. The Hall–Kier alpha value is -3.33. The first-order chi connectivity index (χ1) is 13.0. The Labute approximate surface area is 158 Å². The molecule has 0 radical (unpaired) electrons. The monoisotopic (exact) mass is 386 g/mol. The van der Waals surface area contributed by atoms with Crippen LogP contribution in [0.2, 0.25) is 0 Å². The Bertz CT molecular complexity index is 931. The summed E-state index contributed by atoms with van der Waals surface area (Å²) < 4.78 is 9.86. The van der Waals surface area contributed by atoms with E-state index in [9.17, 15) is 14.4 Å². The molecular formula is C18H14N2O6S. The molecule has 1 fully saturated rings. The lowest BCUT2D eigenvalue weighted by molar-refractivity contribution is -0.135. The molecule has 138 valence electrons. The highest BCUT2D eigenvalue weighted by atomic mass is 32.2. The first-order valence-electron chi connectivity index (χ1n) is 7.71. The quantitative estimate of drug-likeness (QED) is 0.621. The average Bonchev–Trinajstić information content (AvgIpc) is 3.26. The van der Waals surface area contributed by atoms with Gasteiger partial charge in [0.25, 0.3) is 5.91 Å². The van der Waals surface area contributed by atoms with Gasteiger partial charge in [0.15, 0.2) is 5.17 Å². The largest absolute Gasteiger partial charge is 0.478 e. The molecule has 1 aromatic carbocycles. The minimum atomic E-state index is -1.04. The van der Waals surface area contributed by atoms with Crippen LogP contribution in [0, 0.1) is 0 Å². The lowest BCUT2D eigenvalue weighted by atomic mass is 10.2. The fraction of sp³-hybridized carbons (Fsp3) is 0.111. The maximum Gasteiger partial charge on any atom is 0.335 e. The summed E-state index contributed by atoms with van der Waals surface area (Å²) in [6.07, 6.45) is 2.61. The number of esters is 1. The molecule has 9 heteroatoms. The van der Waals surface area contributed by atoms with Crippen LogP contribution in [0.1, 0.15) is 16.1 Å². The first kappa shape index (κ1) is 18.5. The number of hydrogen-bond donors (Lipinski definition) is 1. The van der Waals surface area contributed by atoms with Gasteiger partial charge in [-0.25, -0.2) is 14.6 Å². The van der Waals surface area contributed by atoms with Gasteiger partial charge in [0.1, 0.15) is 5.76 Å². The summed E-state index contributed by atoms with van der Waals surface area (Å²) in [6.45, 7) is 0.142. The number of hydrogen-bond acceptors (Lipinski definition) is 7. The van der Waals surface area contributed by atoms with E-state index in [0.29, 0.717) is 16.6 Å². The highest BCUT2D eigenvalue weighted by Crippen LogP contribution is 2.34. The van der Waals surface area contributed by atoms with Gasteiger partial charge in [0.2, 0.25) is 0 Å². The number of amidine groups is 1. The van der Waals surface area contributed by atoms with Crippen LogP contribution in [-0.4, -0.2) is 40.1 Å². The van der Waals surface area contributed by atoms with E-state index in [1.165, 1.54) is 42.5 Å². The molecule has 27 heavy (non-hydrogen) atoms. The number of thioether (sulfide) groups is 1. The number of carbonyl (C=O) groups excluding carboxylic acids is 2. The van der Waals surface area contributed by atoms with Gasteiger partial charge < -0.3 is 14.3 Å². The minimum Gasteiger partial charge on any atom is -0.478 e. The van der Waals surface area contributed by atoms with Crippen LogP contribution in [0.5, 0.6) is 0 Å². The van der Waals surface area contributed by atoms with Crippen LogP contribution in [0.4, 0.5) is 5.69 Å². The van der Waals surface area contributed by atoms with Gasteiger partial charge in [-0.2, -0.15) is 0 Å². The van der Waals surface area contributed by atoms with Gasteiger partial charge in [-0.3, -0.25) is 9.69 Å². The molecule has 1 aromatic heterocycles. The molecule has 0 spiro atoms. The average molecular weight is 386 g/mol. The van der Waals surface area contributed by atoms with Gasteiger partial charge in [0, 0.05) is 6.08 Å². The van der Waals surface area contributed by atoms with E-state index in [4.69, 9.17) is 9.52 Å². The summed E-state index contributed by atoms with van der Waals surface area (Å²) in [5.74, 6) is -1.53. The standard InChI is InChI=1S/C18H14N2O6S/c1-25-15(21)9-14-16(22)20(10-13-3-2-8-26-13)18(27-14)19-12-6-4-11(5-7-12)17(23)24/h2-9H,10H2,1H3,(H,23,24)/b14-9-,19-18?. The number of aromatic carboxylic acids is 1. The molecule has 0 unspecified atom stereocenters. The Morgan fingerprint density at radius 3 is 2.63 bits per heavy atom. The van der Waals surface area contributed by atoms with E-state index in [-0.39, 0.29) is 17.0 Å². The van der Waals surface area contributed by atoms with Crippen molar-refractivity contribution in [1.82, 2.24) is 4.90 Å². The van der Waals surface area contributed by atoms with Crippen molar-refractivity contribution in [3.8, 4) is 0 Å². The van der Waals surface area contributed by atoms with Crippen molar-refractivity contribution in [2.45, 2.75) is 6.54 Å². The third kappa shape index (κ3) is 4.26. The van der Waals surface area contributed by atoms with Crippen LogP contribution >= 0.6 is 11.8 Å². The van der Waals surface area contributed by atoms with Gasteiger partial charge in [0.05, 0.1) is 36.1 Å². The van der Waals surface area contributed by atoms with E-state index in [1.54, 1.807) is 12.1 Å². The van der Waals surface area contributed by atoms with Crippen molar-refractivity contribution < 1.29 is 28.6 Å². The summed E-state index contributed by atoms with van der Waals surface area (Å²) in [5, 5.41) is 9.31. The van der Waals surface area contributed by atoms with Gasteiger partial charge in [-0.15, -0.1) is 0 Å². The predicted molar refractivity (Wildman–Crippen MR) is 97.4 cm³/mol. The van der Waals surface area contributed by atoms with Crippen molar-refractivity contribution in [3.63, 3.8) is 0 Å². The highest BCUT2D eigenvalue weighted by Gasteiger charge is 2.34. The van der Waals surface area contributed by atoms with Crippen molar-refractivity contribution >= 4 is 40.5 Å². The number of benzene rings is 1. The van der Waals surface area contributed by atoms with Crippen molar-refractivity contribution in [2.24, 2.45) is 4.99 Å². The van der Waals surface area contributed by atoms with Crippen LogP contribution in [0.3, 0.4) is 0 Å². The van der Waals surface area contributed by atoms with E-state index in [2.05, 4.69) is 9.73 Å². The smallest absolute Gasteiger partial charge is 0.335 e. The highest BCUT2D eigenvalue weighted by molar-refractivity contribution is 8.18. The molecule has 3 rings (SSSR count). The summed E-state index contributed by atoms with van der Waals surface area (Å²) in [4.78, 5) is 41.1. The van der Waals surface area contributed by atoms with E-state index >= 15 is 0 Å². The maximum atomic E-state index is 12.7. The number of nitrogens with zero attached hydrogens (tertiary/aromatic N) is 2. The molecule has 0 saturated carbocycles. The molecule has 8 nitrogen and oxygen atoms in total. The number of furan rings is 1. The molecule has 1 amide bonds. The molecule has 2 heterocycles. The molecule has 0 atom stereocenters. The fourth-order valence-corrected chi connectivity index (χ4v) is 3.20. The molecule has 1 aliphatic heterocycles. The normalized spacial score (nSPS) is 16.9. The third-order valence-electron chi connectivity index (χ3n) is 3.57. The van der Waals surface area contributed by atoms with Gasteiger partial charge in [-0.05, 0) is 48.2 Å². The second kappa shape index (κ2) is 7.92. The number of aliphatic imine (C=N–C) groups is 1. The molecule has 1 aliphatic rings. The molecule has 2 aromatic rings. The van der Waals surface area contributed by atoms with Crippen molar-refractivity contribution in [2.75, 3.05) is 7.11 Å². The van der Waals surface area contributed by atoms with E-state index < -0.39 is 17.8 Å². The van der Waals surface area contributed by atoms with Crippen LogP contribution < -0.4 is 0 Å². The number of methoxy groups -OCH3 is 1. The summed E-state index contributed by atoms with van der Waals surface area (Å²) in [5.41, 5.74) is 0.604. The topological polar surface area (TPSA) is 109 Å². The number of ether oxygens (including phenoxy) is 1. The molecule has 1 saturated heterocycles. The summed E-state index contributed by atoms with van der Waals surface area (Å²) in [7, 11) is 1.23. The zero-order valence-corrected chi connectivity index (χ0v) is 14.9. The number of rotatable bonds is 5. The van der Waals surface area contributed by atoms with Crippen LogP contribution in [-0.2, 0) is 20.9 Å². The first-order valence-corrected chi connectivity index (χ1v) is 8.53. The number of amides is 1. The SMILES string of the molecule is COC(=O)/C=C1\SC(=Nc2ccc(C(=O)O)cc2)N(Cc2ccco2)C1=O. The van der Waals surface area contributed by atoms with E-state index in [0.717, 1.165) is 17.8 Å². The van der Waals surface area contributed by atoms with Crippen LogP contribution in [0.25, 0.3) is 0 Å². The molecule has 1 N–H and O–H groups in total. The molecule has 0 bridgehead atoms. The zero-order chi connectivity index (χ0) is 19.4. The van der Waals surface area contributed by atoms with Crippen molar-refractivity contribution in [3.05, 3.63) is 65.0 Å². The Morgan fingerprint density at radius 2 is 2.04 bits per heavy atom. The Morgan fingerprint density at radius 1 is 1.30 bits per heavy atom. The van der Waals surface area contributed by atoms with Gasteiger partial charge in [-0.1, -0.05) is 0 Å². The van der Waals surface area contributed by atoms with E-state index in [1.807, 2.05) is 0 Å². The summed E-state index contributed by atoms with van der Waals surface area (Å²) in [6, 6.07) is 9.34. The zero-order valence-electron chi connectivity index (χ0n) is 14.1. The summed E-state index contributed by atoms with van der Waals surface area (Å²) >= 11 is 1.03. The Balaban J connectivity index is 1.93. The second-order valence-corrected chi connectivity index (χ2v) is 6.36. The lowest BCUT2D eigenvalue weighted by Crippen LogP contribution is -2.28.